The third-order valence-corrected chi connectivity index (χ3v) is 3.52. The predicted octanol–water partition coefficient (Wildman–Crippen LogP) is 2.32. The van der Waals surface area contributed by atoms with Gasteiger partial charge in [-0.1, -0.05) is 28.1 Å². The summed E-state index contributed by atoms with van der Waals surface area (Å²) in [7, 11) is 0. The third-order valence-electron chi connectivity index (χ3n) is 2.99. The number of nitrogens with zero attached hydrogens (tertiary/aromatic N) is 2. The van der Waals surface area contributed by atoms with Crippen molar-refractivity contribution in [3.8, 4) is 0 Å². The van der Waals surface area contributed by atoms with Crippen molar-refractivity contribution in [3.05, 3.63) is 63.4 Å². The topological polar surface area (TPSA) is 85.0 Å². The molecule has 0 bridgehead atoms. The van der Waals surface area contributed by atoms with Gasteiger partial charge in [0, 0.05) is 4.47 Å². The van der Waals surface area contributed by atoms with Crippen molar-refractivity contribution >= 4 is 38.5 Å². The molecule has 106 valence electrons. The van der Waals surface area contributed by atoms with Crippen LogP contribution in [0.25, 0.3) is 10.9 Å². The highest BCUT2D eigenvalue weighted by Gasteiger charge is 2.10. The molecule has 0 aliphatic rings. The first-order valence-corrected chi connectivity index (χ1v) is 6.99. The summed E-state index contributed by atoms with van der Waals surface area (Å²) < 4.78 is 2.24. The lowest BCUT2D eigenvalue weighted by Gasteiger charge is -2.14. The number of aromatic nitrogens is 2. The van der Waals surface area contributed by atoms with Crippen LogP contribution < -0.4 is 22.3 Å². The Morgan fingerprint density at radius 2 is 1.81 bits per heavy atom. The fourth-order valence-electron chi connectivity index (χ4n) is 1.99. The van der Waals surface area contributed by atoms with Gasteiger partial charge in [0.2, 0.25) is 5.95 Å². The average Bonchev–Trinajstić information content (AvgIpc) is 2.52. The Hall–Kier alpha value is -2.38. The molecule has 0 aliphatic heterocycles. The summed E-state index contributed by atoms with van der Waals surface area (Å²) in [6.07, 6.45) is 0. The molecule has 6 nitrogen and oxygen atoms in total. The monoisotopic (exact) mass is 345 g/mol. The zero-order chi connectivity index (χ0) is 14.8. The number of hydrogen-bond acceptors (Lipinski definition) is 5. The lowest BCUT2D eigenvalue weighted by atomic mass is 10.2. The van der Waals surface area contributed by atoms with Gasteiger partial charge in [-0.3, -0.25) is 15.6 Å². The predicted molar refractivity (Wildman–Crippen MR) is 87.0 cm³/mol. The first kappa shape index (κ1) is 13.6. The van der Waals surface area contributed by atoms with E-state index >= 15 is 0 Å². The zero-order valence-corrected chi connectivity index (χ0v) is 12.5. The van der Waals surface area contributed by atoms with Gasteiger partial charge in [0.15, 0.2) is 0 Å². The number of hydrogen-bond donors (Lipinski definition) is 3. The van der Waals surface area contributed by atoms with E-state index in [1.807, 2.05) is 30.3 Å². The van der Waals surface area contributed by atoms with Crippen molar-refractivity contribution in [1.82, 2.24) is 9.66 Å². The van der Waals surface area contributed by atoms with Gasteiger partial charge in [0.1, 0.15) is 0 Å². The number of benzene rings is 2. The van der Waals surface area contributed by atoms with E-state index in [4.69, 9.17) is 5.84 Å². The molecule has 1 heterocycles. The Labute approximate surface area is 128 Å². The zero-order valence-electron chi connectivity index (χ0n) is 10.9. The van der Waals surface area contributed by atoms with Crippen LogP contribution in [0.4, 0.5) is 11.6 Å². The van der Waals surface area contributed by atoms with Crippen LogP contribution in [0.15, 0.2) is 57.8 Å². The summed E-state index contributed by atoms with van der Waals surface area (Å²) in [6.45, 7) is 0. The molecule has 0 radical (unpaired) electrons. The summed E-state index contributed by atoms with van der Waals surface area (Å²) >= 11 is 3.37. The van der Waals surface area contributed by atoms with Gasteiger partial charge in [-0.15, -0.1) is 0 Å². The number of para-hydroxylation sites is 1. The minimum atomic E-state index is -0.225. The van der Waals surface area contributed by atoms with Crippen LogP contribution in [0.2, 0.25) is 0 Å². The van der Waals surface area contributed by atoms with Crippen LogP contribution in [0.3, 0.4) is 0 Å². The Morgan fingerprint density at radius 3 is 2.52 bits per heavy atom. The Kier molecular flexibility index (Phi) is 3.59. The maximum Gasteiger partial charge on any atom is 0.281 e. The molecule has 0 aliphatic carbocycles. The lowest BCUT2D eigenvalue weighted by Crippen LogP contribution is -2.31. The highest BCUT2D eigenvalue weighted by atomic mass is 79.9. The molecule has 3 aromatic rings. The van der Waals surface area contributed by atoms with Gasteiger partial charge in [-0.25, -0.2) is 10.8 Å². The molecule has 1 aromatic heterocycles. The molecule has 7 heteroatoms. The molecular weight excluding hydrogens is 334 g/mol. The number of nitrogen functional groups attached to an aromatic ring is 1. The number of rotatable bonds is 3. The van der Waals surface area contributed by atoms with E-state index in [-0.39, 0.29) is 11.5 Å². The van der Waals surface area contributed by atoms with E-state index in [9.17, 15) is 4.79 Å². The SMILES string of the molecule is NNc1nc2ccccc2c(=O)n1Nc1ccc(Br)cc1. The second-order valence-electron chi connectivity index (χ2n) is 4.36. The molecule has 4 N–H and O–H groups in total. The normalized spacial score (nSPS) is 10.6. The highest BCUT2D eigenvalue weighted by Crippen LogP contribution is 2.16. The Balaban J connectivity index is 2.14. The molecule has 0 fully saturated rings. The smallest absolute Gasteiger partial charge is 0.281 e. The number of nitrogens with one attached hydrogen (secondary N) is 2. The van der Waals surface area contributed by atoms with Crippen molar-refractivity contribution in [2.24, 2.45) is 5.84 Å². The number of nitrogens with two attached hydrogens (primary N) is 1. The Morgan fingerprint density at radius 1 is 1.10 bits per heavy atom. The van der Waals surface area contributed by atoms with E-state index in [1.54, 1.807) is 18.2 Å². The molecule has 3 rings (SSSR count). The average molecular weight is 346 g/mol. The summed E-state index contributed by atoms with van der Waals surface area (Å²) in [5, 5.41) is 0.515. The summed E-state index contributed by atoms with van der Waals surface area (Å²) in [4.78, 5) is 16.9. The standard InChI is InChI=1S/C14H12BrN5O/c15-9-5-7-10(8-6-9)19-20-13(21)11-3-1-2-4-12(11)17-14(20)18-16/h1-8,19H,16H2,(H,17,18). The van der Waals surface area contributed by atoms with Gasteiger partial charge in [-0.05, 0) is 36.4 Å². The third kappa shape index (κ3) is 2.61. The first-order chi connectivity index (χ1) is 10.2. The van der Waals surface area contributed by atoms with Crippen LogP contribution in [0.1, 0.15) is 0 Å². The number of anilines is 2. The van der Waals surface area contributed by atoms with Crippen molar-refractivity contribution in [3.63, 3.8) is 0 Å². The number of hydrazine groups is 1. The van der Waals surface area contributed by atoms with Crippen molar-refractivity contribution in [2.45, 2.75) is 0 Å². The van der Waals surface area contributed by atoms with E-state index in [1.165, 1.54) is 4.68 Å². The van der Waals surface area contributed by atoms with Gasteiger partial charge < -0.3 is 0 Å². The second kappa shape index (κ2) is 5.55. The minimum absolute atomic E-state index is 0.225. The highest BCUT2D eigenvalue weighted by molar-refractivity contribution is 9.10. The first-order valence-electron chi connectivity index (χ1n) is 6.20. The number of fused-ring (bicyclic) bond motifs is 1. The maximum absolute atomic E-state index is 12.5. The molecular formula is C14H12BrN5O. The summed E-state index contributed by atoms with van der Waals surface area (Å²) in [5.41, 5.74) is 6.54. The number of halogens is 1. The van der Waals surface area contributed by atoms with E-state index in [2.05, 4.69) is 31.8 Å². The van der Waals surface area contributed by atoms with Crippen molar-refractivity contribution in [2.75, 3.05) is 10.9 Å². The molecule has 0 amide bonds. The molecule has 0 atom stereocenters. The molecule has 0 saturated carbocycles. The van der Waals surface area contributed by atoms with Gasteiger partial charge >= 0.3 is 0 Å². The van der Waals surface area contributed by atoms with Gasteiger partial charge in [0.05, 0.1) is 16.6 Å². The van der Waals surface area contributed by atoms with E-state index in [0.717, 1.165) is 10.2 Å². The van der Waals surface area contributed by atoms with Crippen LogP contribution in [0.5, 0.6) is 0 Å². The fraction of sp³-hybridized carbons (Fsp3) is 0. The van der Waals surface area contributed by atoms with Crippen LogP contribution in [0, 0.1) is 0 Å². The Bertz CT molecular complexity index is 844. The maximum atomic E-state index is 12.5. The fourth-order valence-corrected chi connectivity index (χ4v) is 2.25. The van der Waals surface area contributed by atoms with E-state index in [0.29, 0.717) is 10.9 Å². The molecule has 2 aromatic carbocycles. The molecule has 21 heavy (non-hydrogen) atoms. The van der Waals surface area contributed by atoms with Crippen LogP contribution in [-0.4, -0.2) is 9.66 Å². The minimum Gasteiger partial charge on any atom is -0.292 e. The molecule has 0 unspecified atom stereocenters. The molecule has 0 saturated heterocycles. The largest absolute Gasteiger partial charge is 0.292 e. The van der Waals surface area contributed by atoms with Gasteiger partial charge in [-0.2, -0.15) is 4.68 Å². The van der Waals surface area contributed by atoms with Crippen LogP contribution >= 0.6 is 15.9 Å². The summed E-state index contributed by atoms with van der Waals surface area (Å²) in [5.74, 6) is 5.71. The quantitative estimate of drug-likeness (QED) is 0.501. The van der Waals surface area contributed by atoms with Crippen LogP contribution in [-0.2, 0) is 0 Å². The molecule has 0 spiro atoms. The van der Waals surface area contributed by atoms with Crippen molar-refractivity contribution < 1.29 is 0 Å². The lowest BCUT2D eigenvalue weighted by molar-refractivity contribution is 0.880. The van der Waals surface area contributed by atoms with Gasteiger partial charge in [0.25, 0.3) is 5.56 Å². The second-order valence-corrected chi connectivity index (χ2v) is 5.27. The summed E-state index contributed by atoms with van der Waals surface area (Å²) in [6, 6.07) is 14.5. The van der Waals surface area contributed by atoms with Crippen molar-refractivity contribution in [1.29, 1.82) is 0 Å². The van der Waals surface area contributed by atoms with E-state index < -0.39 is 0 Å².